The number of carbonyl (C=O) groups is 1. The molecule has 1 unspecified atom stereocenters. The lowest BCUT2D eigenvalue weighted by Crippen LogP contribution is -2.33. The summed E-state index contributed by atoms with van der Waals surface area (Å²) >= 11 is 1.46. The van der Waals surface area contributed by atoms with Crippen LogP contribution in [0, 0.1) is 0 Å². The molecule has 1 rings (SSSR count). The normalized spacial score (nSPS) is 15.6. The standard InChI is InChI=1S/C9H12O2S/c1-3-9(2,11)8(10)7-4-5-12-6-7/h4-6,11H,3H2,1-2H3. The van der Waals surface area contributed by atoms with Crippen LogP contribution in [0.15, 0.2) is 16.8 Å². The van der Waals surface area contributed by atoms with Crippen molar-refractivity contribution in [1.82, 2.24) is 0 Å². The Morgan fingerprint density at radius 2 is 2.42 bits per heavy atom. The summed E-state index contributed by atoms with van der Waals surface area (Å²) in [6.45, 7) is 3.34. The fourth-order valence-corrected chi connectivity index (χ4v) is 1.50. The minimum absolute atomic E-state index is 0.189. The Kier molecular flexibility index (Phi) is 2.65. The minimum atomic E-state index is -1.21. The van der Waals surface area contributed by atoms with Crippen LogP contribution in [-0.2, 0) is 0 Å². The SMILES string of the molecule is CCC(C)(O)C(=O)c1ccsc1. The average Bonchev–Trinajstić information content (AvgIpc) is 2.55. The fourth-order valence-electron chi connectivity index (χ4n) is 0.865. The molecule has 1 aromatic heterocycles. The lowest BCUT2D eigenvalue weighted by Gasteiger charge is -2.18. The molecule has 0 radical (unpaired) electrons. The van der Waals surface area contributed by atoms with Crippen molar-refractivity contribution in [1.29, 1.82) is 0 Å². The van der Waals surface area contributed by atoms with Crippen molar-refractivity contribution in [3.05, 3.63) is 22.4 Å². The maximum Gasteiger partial charge on any atom is 0.194 e. The van der Waals surface area contributed by atoms with Crippen LogP contribution < -0.4 is 0 Å². The van der Waals surface area contributed by atoms with Crippen LogP contribution in [0.5, 0.6) is 0 Å². The lowest BCUT2D eigenvalue weighted by molar-refractivity contribution is 0.0391. The molecule has 0 aromatic carbocycles. The predicted octanol–water partition coefficient (Wildman–Crippen LogP) is 2.09. The minimum Gasteiger partial charge on any atom is -0.382 e. The zero-order valence-electron chi connectivity index (χ0n) is 7.20. The van der Waals surface area contributed by atoms with Crippen molar-refractivity contribution in [2.24, 2.45) is 0 Å². The van der Waals surface area contributed by atoms with E-state index in [2.05, 4.69) is 0 Å². The molecule has 0 aliphatic carbocycles. The van der Waals surface area contributed by atoms with Crippen LogP contribution >= 0.6 is 11.3 Å². The molecule has 0 amide bonds. The molecule has 0 aliphatic rings. The van der Waals surface area contributed by atoms with Gasteiger partial charge in [-0.15, -0.1) is 0 Å². The number of carbonyl (C=O) groups excluding carboxylic acids is 1. The smallest absolute Gasteiger partial charge is 0.194 e. The average molecular weight is 184 g/mol. The summed E-state index contributed by atoms with van der Waals surface area (Å²) in [5.41, 5.74) is -0.604. The molecule has 2 nitrogen and oxygen atoms in total. The van der Waals surface area contributed by atoms with E-state index in [0.29, 0.717) is 12.0 Å². The van der Waals surface area contributed by atoms with E-state index in [9.17, 15) is 9.90 Å². The highest BCUT2D eigenvalue weighted by molar-refractivity contribution is 7.08. The van der Waals surface area contributed by atoms with Crippen molar-refractivity contribution < 1.29 is 9.90 Å². The van der Waals surface area contributed by atoms with E-state index in [1.54, 1.807) is 25.3 Å². The number of thiophene rings is 1. The van der Waals surface area contributed by atoms with Crippen LogP contribution in [0.2, 0.25) is 0 Å². The molecule has 1 aromatic rings. The van der Waals surface area contributed by atoms with Gasteiger partial charge >= 0.3 is 0 Å². The van der Waals surface area contributed by atoms with Gasteiger partial charge in [-0.2, -0.15) is 11.3 Å². The largest absolute Gasteiger partial charge is 0.382 e. The Morgan fingerprint density at radius 1 is 1.75 bits per heavy atom. The Labute approximate surface area is 75.9 Å². The first-order valence-corrected chi connectivity index (χ1v) is 4.81. The maximum atomic E-state index is 11.5. The van der Waals surface area contributed by atoms with Gasteiger partial charge in [0.15, 0.2) is 5.78 Å². The van der Waals surface area contributed by atoms with Gasteiger partial charge in [0.05, 0.1) is 0 Å². The number of hydrogen-bond acceptors (Lipinski definition) is 3. The molecular weight excluding hydrogens is 172 g/mol. The fraction of sp³-hybridized carbons (Fsp3) is 0.444. The van der Waals surface area contributed by atoms with Gasteiger partial charge in [-0.3, -0.25) is 4.79 Å². The second-order valence-electron chi connectivity index (χ2n) is 2.97. The Morgan fingerprint density at radius 3 is 2.83 bits per heavy atom. The third kappa shape index (κ3) is 1.73. The molecular formula is C9H12O2S. The van der Waals surface area contributed by atoms with Gasteiger partial charge in [-0.1, -0.05) is 6.92 Å². The van der Waals surface area contributed by atoms with Crippen molar-refractivity contribution in [3.8, 4) is 0 Å². The van der Waals surface area contributed by atoms with Crippen molar-refractivity contribution >= 4 is 17.1 Å². The summed E-state index contributed by atoms with van der Waals surface area (Å²) in [6.07, 6.45) is 0.446. The Balaban J connectivity index is 2.86. The van der Waals surface area contributed by atoms with Crippen molar-refractivity contribution in [2.45, 2.75) is 25.9 Å². The second-order valence-corrected chi connectivity index (χ2v) is 3.75. The van der Waals surface area contributed by atoms with Gasteiger partial charge in [0.1, 0.15) is 5.60 Å². The number of Topliss-reactive ketones (excluding diaryl/α,β-unsaturated/α-hetero) is 1. The molecule has 1 N–H and O–H groups in total. The maximum absolute atomic E-state index is 11.5. The van der Waals surface area contributed by atoms with E-state index in [-0.39, 0.29) is 5.78 Å². The van der Waals surface area contributed by atoms with E-state index in [0.717, 1.165) is 0 Å². The zero-order chi connectivity index (χ0) is 9.19. The second kappa shape index (κ2) is 3.37. The third-order valence-electron chi connectivity index (χ3n) is 1.96. The first-order chi connectivity index (χ1) is 5.58. The van der Waals surface area contributed by atoms with Crippen molar-refractivity contribution in [3.63, 3.8) is 0 Å². The van der Waals surface area contributed by atoms with Crippen LogP contribution in [-0.4, -0.2) is 16.5 Å². The van der Waals surface area contributed by atoms with E-state index in [1.165, 1.54) is 11.3 Å². The monoisotopic (exact) mass is 184 g/mol. The molecule has 0 aliphatic heterocycles. The van der Waals surface area contributed by atoms with Gasteiger partial charge < -0.3 is 5.11 Å². The first kappa shape index (κ1) is 9.42. The molecule has 3 heteroatoms. The van der Waals surface area contributed by atoms with E-state index < -0.39 is 5.60 Å². The van der Waals surface area contributed by atoms with Crippen LogP contribution in [0.1, 0.15) is 30.6 Å². The highest BCUT2D eigenvalue weighted by Crippen LogP contribution is 2.18. The highest BCUT2D eigenvalue weighted by Gasteiger charge is 2.28. The van der Waals surface area contributed by atoms with Gasteiger partial charge in [0, 0.05) is 10.9 Å². The molecule has 1 atom stereocenters. The molecule has 0 saturated heterocycles. The lowest BCUT2D eigenvalue weighted by atomic mass is 9.94. The quantitative estimate of drug-likeness (QED) is 0.730. The van der Waals surface area contributed by atoms with Gasteiger partial charge in [0.2, 0.25) is 0 Å². The van der Waals surface area contributed by atoms with Crippen LogP contribution in [0.25, 0.3) is 0 Å². The van der Waals surface area contributed by atoms with Gasteiger partial charge in [-0.25, -0.2) is 0 Å². The summed E-state index contributed by atoms with van der Waals surface area (Å²) in [7, 11) is 0. The van der Waals surface area contributed by atoms with E-state index in [4.69, 9.17) is 0 Å². The Bertz CT molecular complexity index is 262. The molecule has 0 saturated carbocycles. The topological polar surface area (TPSA) is 37.3 Å². The molecule has 1 heterocycles. The molecule has 12 heavy (non-hydrogen) atoms. The summed E-state index contributed by atoms with van der Waals surface area (Å²) in [6, 6.07) is 1.73. The van der Waals surface area contributed by atoms with Crippen molar-refractivity contribution in [2.75, 3.05) is 0 Å². The third-order valence-corrected chi connectivity index (χ3v) is 2.64. The number of hydrogen-bond donors (Lipinski definition) is 1. The van der Waals surface area contributed by atoms with Gasteiger partial charge in [-0.05, 0) is 24.8 Å². The Hall–Kier alpha value is -0.670. The van der Waals surface area contributed by atoms with Crippen LogP contribution in [0.4, 0.5) is 0 Å². The van der Waals surface area contributed by atoms with E-state index >= 15 is 0 Å². The number of rotatable bonds is 3. The van der Waals surface area contributed by atoms with Crippen LogP contribution in [0.3, 0.4) is 0 Å². The highest BCUT2D eigenvalue weighted by atomic mass is 32.1. The molecule has 0 spiro atoms. The summed E-state index contributed by atoms with van der Waals surface area (Å²) < 4.78 is 0. The molecule has 0 fully saturated rings. The number of aliphatic hydroxyl groups is 1. The molecule has 0 bridgehead atoms. The summed E-state index contributed by atoms with van der Waals surface area (Å²) in [5.74, 6) is -0.189. The summed E-state index contributed by atoms with van der Waals surface area (Å²) in [5, 5.41) is 13.2. The first-order valence-electron chi connectivity index (χ1n) is 3.87. The predicted molar refractivity (Wildman–Crippen MR) is 49.6 cm³/mol. The van der Waals surface area contributed by atoms with Gasteiger partial charge in [0.25, 0.3) is 0 Å². The van der Waals surface area contributed by atoms with E-state index in [1.807, 2.05) is 5.38 Å². The molecule has 66 valence electrons. The summed E-state index contributed by atoms with van der Waals surface area (Å²) in [4.78, 5) is 11.5. The number of ketones is 1. The zero-order valence-corrected chi connectivity index (χ0v) is 8.02.